The van der Waals surface area contributed by atoms with Gasteiger partial charge < -0.3 is 19.9 Å². The SMILES string of the molecule is C[C@@H]1[C@H](CSc2ccccn2)O[C@H](c2cccc(NC(=O)C(Cl)(Cl)Cl)c2)O[C@@H]1c1ccc(CO)cc1. The topological polar surface area (TPSA) is 80.7 Å². The predicted octanol–water partition coefficient (Wildman–Crippen LogP) is 6.47. The zero-order valence-electron chi connectivity index (χ0n) is 19.3. The van der Waals surface area contributed by atoms with Crippen molar-refractivity contribution < 1.29 is 19.4 Å². The third-order valence-corrected chi connectivity index (χ3v) is 7.38. The average molecular weight is 568 g/mol. The Morgan fingerprint density at radius 3 is 2.50 bits per heavy atom. The summed E-state index contributed by atoms with van der Waals surface area (Å²) in [6.45, 7) is 2.07. The van der Waals surface area contributed by atoms with Crippen molar-refractivity contribution in [2.75, 3.05) is 11.1 Å². The number of alkyl halides is 3. The Bertz CT molecular complexity index is 1160. The van der Waals surface area contributed by atoms with Gasteiger partial charge in [-0.2, -0.15) is 0 Å². The van der Waals surface area contributed by atoms with Crippen molar-refractivity contribution in [2.24, 2.45) is 5.92 Å². The highest BCUT2D eigenvalue weighted by Crippen LogP contribution is 2.43. The van der Waals surface area contributed by atoms with E-state index in [1.807, 2.05) is 48.5 Å². The molecule has 190 valence electrons. The molecule has 0 saturated carbocycles. The van der Waals surface area contributed by atoms with Crippen LogP contribution in [0.4, 0.5) is 5.69 Å². The summed E-state index contributed by atoms with van der Waals surface area (Å²) in [5.41, 5.74) is 2.99. The van der Waals surface area contributed by atoms with Crippen LogP contribution in [0.5, 0.6) is 0 Å². The van der Waals surface area contributed by atoms with E-state index in [1.165, 1.54) is 0 Å². The number of benzene rings is 2. The first-order valence-corrected chi connectivity index (χ1v) is 13.4. The van der Waals surface area contributed by atoms with Gasteiger partial charge in [-0.15, -0.1) is 11.8 Å². The molecule has 3 aromatic rings. The first-order chi connectivity index (χ1) is 17.2. The van der Waals surface area contributed by atoms with Gasteiger partial charge in [0.25, 0.3) is 9.70 Å². The molecule has 1 fully saturated rings. The summed E-state index contributed by atoms with van der Waals surface area (Å²) in [4.78, 5) is 16.5. The zero-order valence-corrected chi connectivity index (χ0v) is 22.4. The van der Waals surface area contributed by atoms with Gasteiger partial charge in [0.05, 0.1) is 23.8 Å². The Morgan fingerprint density at radius 1 is 1.06 bits per heavy atom. The molecule has 10 heteroatoms. The number of aromatic nitrogens is 1. The molecule has 1 saturated heterocycles. The predicted molar refractivity (Wildman–Crippen MR) is 143 cm³/mol. The summed E-state index contributed by atoms with van der Waals surface area (Å²) in [6.07, 6.45) is 0.660. The van der Waals surface area contributed by atoms with Crippen LogP contribution in [0.15, 0.2) is 78.0 Å². The van der Waals surface area contributed by atoms with Crippen LogP contribution in [0.1, 0.15) is 36.0 Å². The van der Waals surface area contributed by atoms with E-state index < -0.39 is 16.0 Å². The minimum atomic E-state index is -2.08. The first kappa shape index (κ1) is 27.2. The Balaban J connectivity index is 1.59. The third kappa shape index (κ3) is 6.92. The van der Waals surface area contributed by atoms with Gasteiger partial charge in [-0.05, 0) is 35.4 Å². The lowest BCUT2D eigenvalue weighted by atomic mass is 9.91. The number of rotatable bonds is 7. The molecule has 4 rings (SSSR count). The highest BCUT2D eigenvalue weighted by Gasteiger charge is 2.38. The van der Waals surface area contributed by atoms with Crippen molar-refractivity contribution in [3.8, 4) is 0 Å². The molecule has 1 amide bonds. The molecule has 36 heavy (non-hydrogen) atoms. The van der Waals surface area contributed by atoms with Gasteiger partial charge in [-0.1, -0.05) is 84.2 Å². The third-order valence-electron chi connectivity index (χ3n) is 5.83. The molecule has 4 atom stereocenters. The summed E-state index contributed by atoms with van der Waals surface area (Å²) in [5.74, 6) is -0.0487. The van der Waals surface area contributed by atoms with E-state index in [4.69, 9.17) is 44.3 Å². The minimum absolute atomic E-state index is 0.0247. The van der Waals surface area contributed by atoms with Crippen molar-refractivity contribution in [2.45, 2.75) is 40.8 Å². The van der Waals surface area contributed by atoms with Crippen LogP contribution in [0.2, 0.25) is 0 Å². The van der Waals surface area contributed by atoms with Crippen LogP contribution in [-0.4, -0.2) is 31.6 Å². The van der Waals surface area contributed by atoms with Crippen LogP contribution in [0.25, 0.3) is 0 Å². The number of aliphatic hydroxyl groups excluding tert-OH is 1. The number of pyridine rings is 1. The molecule has 2 aromatic carbocycles. The summed E-state index contributed by atoms with van der Waals surface area (Å²) >= 11 is 18.7. The maximum Gasteiger partial charge on any atom is 0.276 e. The normalized spacial score (nSPS) is 22.2. The number of hydrogen-bond acceptors (Lipinski definition) is 6. The van der Waals surface area contributed by atoms with Crippen molar-refractivity contribution in [1.82, 2.24) is 4.98 Å². The quantitative estimate of drug-likeness (QED) is 0.252. The average Bonchev–Trinajstić information content (AvgIpc) is 2.88. The van der Waals surface area contributed by atoms with Gasteiger partial charge >= 0.3 is 0 Å². The number of carbonyl (C=O) groups excluding carboxylic acids is 1. The maximum atomic E-state index is 12.1. The van der Waals surface area contributed by atoms with E-state index in [0.29, 0.717) is 17.0 Å². The van der Waals surface area contributed by atoms with Gasteiger partial charge in [0.2, 0.25) is 0 Å². The fraction of sp³-hybridized carbons (Fsp3) is 0.308. The second-order valence-corrected chi connectivity index (χ2v) is 11.7. The molecule has 6 nitrogen and oxygen atoms in total. The summed E-state index contributed by atoms with van der Waals surface area (Å²) in [5, 5.41) is 12.9. The molecule has 1 aromatic heterocycles. The van der Waals surface area contributed by atoms with E-state index in [-0.39, 0.29) is 24.7 Å². The van der Waals surface area contributed by atoms with Crippen LogP contribution < -0.4 is 5.32 Å². The number of nitrogens with one attached hydrogen (secondary N) is 1. The standard InChI is InChI=1S/C26H25Cl3N2O4S/c1-16-21(15-36-22-7-2-3-12-30-22)34-24(35-23(16)18-10-8-17(14-32)9-11-18)19-5-4-6-20(13-19)31-25(33)26(27,28)29/h2-13,16,21,23-24,32H,14-15H2,1H3,(H,31,33)/t16-,21+,23+,24+/m1/s1. The Labute approximate surface area is 229 Å². The molecular weight excluding hydrogens is 543 g/mol. The van der Waals surface area contributed by atoms with Crippen molar-refractivity contribution >= 4 is 58.2 Å². The lowest BCUT2D eigenvalue weighted by molar-refractivity contribution is -0.268. The van der Waals surface area contributed by atoms with Crippen LogP contribution in [0, 0.1) is 5.92 Å². The van der Waals surface area contributed by atoms with E-state index in [1.54, 1.807) is 36.2 Å². The molecule has 1 aliphatic rings. The van der Waals surface area contributed by atoms with Gasteiger partial charge in [0, 0.05) is 29.1 Å². The number of hydrogen-bond donors (Lipinski definition) is 2. The Hall–Kier alpha value is -1.84. The maximum absolute atomic E-state index is 12.1. The lowest BCUT2D eigenvalue weighted by Crippen LogP contribution is -2.38. The number of carbonyl (C=O) groups is 1. The zero-order chi connectivity index (χ0) is 25.7. The molecule has 0 radical (unpaired) electrons. The molecule has 0 unspecified atom stereocenters. The van der Waals surface area contributed by atoms with Crippen LogP contribution >= 0.6 is 46.6 Å². The Morgan fingerprint density at radius 2 is 1.83 bits per heavy atom. The van der Waals surface area contributed by atoms with Gasteiger partial charge in [0.1, 0.15) is 0 Å². The molecule has 0 bridgehead atoms. The van der Waals surface area contributed by atoms with Crippen molar-refractivity contribution in [1.29, 1.82) is 0 Å². The number of thioether (sulfide) groups is 1. The largest absolute Gasteiger partial charge is 0.392 e. The summed E-state index contributed by atoms with van der Waals surface area (Å²) < 4.78 is 10.8. The van der Waals surface area contributed by atoms with Crippen molar-refractivity contribution in [3.63, 3.8) is 0 Å². The smallest absolute Gasteiger partial charge is 0.276 e. The number of amides is 1. The van der Waals surface area contributed by atoms with Gasteiger partial charge in [-0.3, -0.25) is 4.79 Å². The molecule has 1 aliphatic heterocycles. The number of anilines is 1. The summed E-state index contributed by atoms with van der Waals surface area (Å²) in [7, 11) is 0. The van der Waals surface area contributed by atoms with Crippen LogP contribution in [-0.2, 0) is 20.9 Å². The minimum Gasteiger partial charge on any atom is -0.392 e. The van der Waals surface area contributed by atoms with E-state index in [0.717, 1.165) is 16.2 Å². The van der Waals surface area contributed by atoms with Gasteiger partial charge in [-0.25, -0.2) is 4.98 Å². The van der Waals surface area contributed by atoms with Crippen molar-refractivity contribution in [3.05, 3.63) is 89.6 Å². The summed E-state index contributed by atoms with van der Waals surface area (Å²) in [6, 6.07) is 20.6. The molecule has 2 N–H and O–H groups in total. The van der Waals surface area contributed by atoms with E-state index in [2.05, 4.69) is 17.2 Å². The number of nitrogens with zero attached hydrogens (tertiary/aromatic N) is 1. The lowest BCUT2D eigenvalue weighted by Gasteiger charge is -2.41. The second kappa shape index (κ2) is 12.1. The molecule has 0 aliphatic carbocycles. The molecular formula is C26H25Cl3N2O4S. The number of ether oxygens (including phenoxy) is 2. The molecule has 2 heterocycles. The number of aliphatic hydroxyl groups is 1. The fourth-order valence-corrected chi connectivity index (χ4v) is 5.04. The van der Waals surface area contributed by atoms with E-state index in [9.17, 15) is 9.90 Å². The highest BCUT2D eigenvalue weighted by atomic mass is 35.6. The fourth-order valence-electron chi connectivity index (χ4n) is 3.87. The first-order valence-electron chi connectivity index (χ1n) is 11.3. The number of halogens is 3. The monoisotopic (exact) mass is 566 g/mol. The Kier molecular flexibility index (Phi) is 9.17. The van der Waals surface area contributed by atoms with E-state index >= 15 is 0 Å². The van der Waals surface area contributed by atoms with Crippen LogP contribution in [0.3, 0.4) is 0 Å². The molecule has 0 spiro atoms. The highest BCUT2D eigenvalue weighted by molar-refractivity contribution is 7.99. The second-order valence-electron chi connectivity index (χ2n) is 8.38. The van der Waals surface area contributed by atoms with Gasteiger partial charge in [0.15, 0.2) is 6.29 Å².